The lowest BCUT2D eigenvalue weighted by Crippen LogP contribution is -2.31. The number of nitrogens with zero attached hydrogens (tertiary/aromatic N) is 1. The molecule has 0 atom stereocenters. The molecule has 2 rings (SSSR count). The average molecular weight is 293 g/mol. The van der Waals surface area contributed by atoms with Crippen LogP contribution in [0.25, 0.3) is 6.08 Å². The first-order valence-electron chi connectivity index (χ1n) is 6.06. The Labute approximate surface area is 123 Å². The van der Waals surface area contributed by atoms with E-state index in [2.05, 4.69) is 30.2 Å². The number of benzene rings is 1. The molecule has 1 N–H and O–H groups in total. The third kappa shape index (κ3) is 3.88. The van der Waals surface area contributed by atoms with E-state index in [1.165, 1.54) is 0 Å². The molecule has 0 saturated carbocycles. The summed E-state index contributed by atoms with van der Waals surface area (Å²) in [5, 5.41) is 4.99. The van der Waals surface area contributed by atoms with Crippen molar-refractivity contribution >= 4 is 34.6 Å². The van der Waals surface area contributed by atoms with Gasteiger partial charge in [0.1, 0.15) is 0 Å². The quantitative estimate of drug-likeness (QED) is 0.877. The molecule has 0 spiro atoms. The van der Waals surface area contributed by atoms with Crippen LogP contribution >= 0.6 is 23.4 Å². The number of hydrogen-bond donors (Lipinski definition) is 1. The van der Waals surface area contributed by atoms with Crippen LogP contribution in [0.2, 0.25) is 5.02 Å². The number of rotatable bonds is 2. The lowest BCUT2D eigenvalue weighted by Gasteiger charge is -2.24. The molecule has 0 unspecified atom stereocenters. The first-order valence-corrected chi connectivity index (χ1v) is 7.67. The largest absolute Gasteiger partial charge is 0.335 e. The second-order valence-electron chi connectivity index (χ2n) is 4.85. The van der Waals surface area contributed by atoms with E-state index in [4.69, 9.17) is 11.6 Å². The van der Waals surface area contributed by atoms with Crippen LogP contribution in [0.15, 0.2) is 47.1 Å². The summed E-state index contributed by atoms with van der Waals surface area (Å²) >= 11 is 7.75. The smallest absolute Gasteiger partial charge is 0.161 e. The highest BCUT2D eigenvalue weighted by atomic mass is 35.5. The number of halogens is 1. The Morgan fingerprint density at radius 1 is 1.26 bits per heavy atom. The Morgan fingerprint density at radius 3 is 2.68 bits per heavy atom. The van der Waals surface area contributed by atoms with E-state index in [1.807, 2.05) is 42.7 Å². The average Bonchev–Trinajstić information content (AvgIpc) is 2.36. The second-order valence-corrected chi connectivity index (χ2v) is 6.06. The minimum atomic E-state index is -0.177. The molecule has 1 heterocycles. The molecule has 0 bridgehead atoms. The minimum Gasteiger partial charge on any atom is -0.335 e. The normalized spacial score (nSPS) is 17.9. The van der Waals surface area contributed by atoms with Crippen molar-refractivity contribution in [3.63, 3.8) is 0 Å². The van der Waals surface area contributed by atoms with Gasteiger partial charge in [-0.1, -0.05) is 47.6 Å². The summed E-state index contributed by atoms with van der Waals surface area (Å²) in [6.07, 6.45) is 8.18. The fraction of sp³-hybridized carbons (Fsp3) is 0.267. The van der Waals surface area contributed by atoms with Gasteiger partial charge in [-0.3, -0.25) is 4.99 Å². The van der Waals surface area contributed by atoms with Gasteiger partial charge in [-0.25, -0.2) is 0 Å². The van der Waals surface area contributed by atoms with Crippen molar-refractivity contribution in [2.75, 3.05) is 6.26 Å². The summed E-state index contributed by atoms with van der Waals surface area (Å²) in [7, 11) is 0. The van der Waals surface area contributed by atoms with Crippen LogP contribution in [0.4, 0.5) is 0 Å². The highest BCUT2D eigenvalue weighted by Gasteiger charge is 2.19. The van der Waals surface area contributed by atoms with Crippen LogP contribution in [0.3, 0.4) is 0 Å². The zero-order valence-corrected chi connectivity index (χ0v) is 12.8. The Balaban J connectivity index is 2.20. The third-order valence-electron chi connectivity index (χ3n) is 2.69. The van der Waals surface area contributed by atoms with Gasteiger partial charge in [-0.05, 0) is 43.9 Å². The van der Waals surface area contributed by atoms with Gasteiger partial charge in [0.2, 0.25) is 0 Å². The van der Waals surface area contributed by atoms with Crippen LogP contribution in [0.5, 0.6) is 0 Å². The van der Waals surface area contributed by atoms with Crippen LogP contribution in [-0.4, -0.2) is 17.0 Å². The van der Waals surface area contributed by atoms with E-state index in [9.17, 15) is 0 Å². The van der Waals surface area contributed by atoms with Gasteiger partial charge in [0.05, 0.1) is 5.54 Å². The zero-order valence-electron chi connectivity index (χ0n) is 11.3. The first kappa shape index (κ1) is 14.2. The maximum atomic E-state index is 6.13. The minimum absolute atomic E-state index is 0.177. The number of thioether (sulfide) groups is 1. The van der Waals surface area contributed by atoms with Gasteiger partial charge < -0.3 is 5.32 Å². The van der Waals surface area contributed by atoms with Gasteiger partial charge >= 0.3 is 0 Å². The standard InChI is InChI=1S/C15H17ClN2S/c1-15(2)10-12(17-14(18-15)19-3)9-8-11-6-4-5-7-13(11)16/h4-10H,1-3H3,(H,17,18). The molecule has 0 amide bonds. The highest BCUT2D eigenvalue weighted by molar-refractivity contribution is 8.13. The van der Waals surface area contributed by atoms with Crippen molar-refractivity contribution in [2.45, 2.75) is 19.4 Å². The van der Waals surface area contributed by atoms with E-state index in [0.717, 1.165) is 21.5 Å². The van der Waals surface area contributed by atoms with E-state index < -0.39 is 0 Å². The first-order chi connectivity index (χ1) is 9.00. The molecule has 4 heteroatoms. The number of amidine groups is 1. The van der Waals surface area contributed by atoms with Crippen molar-refractivity contribution in [1.29, 1.82) is 0 Å². The molecule has 0 saturated heterocycles. The highest BCUT2D eigenvalue weighted by Crippen LogP contribution is 2.22. The number of nitrogens with one attached hydrogen (secondary N) is 1. The van der Waals surface area contributed by atoms with Crippen LogP contribution in [0.1, 0.15) is 19.4 Å². The van der Waals surface area contributed by atoms with Crippen molar-refractivity contribution in [1.82, 2.24) is 5.32 Å². The van der Waals surface area contributed by atoms with Crippen LogP contribution < -0.4 is 5.32 Å². The molecule has 1 aromatic rings. The third-order valence-corrected chi connectivity index (χ3v) is 3.61. The summed E-state index contributed by atoms with van der Waals surface area (Å²) in [6.45, 7) is 4.18. The summed E-state index contributed by atoms with van der Waals surface area (Å²) in [6, 6.07) is 7.80. The summed E-state index contributed by atoms with van der Waals surface area (Å²) < 4.78 is 0. The second kappa shape index (κ2) is 5.85. The van der Waals surface area contributed by atoms with E-state index >= 15 is 0 Å². The topological polar surface area (TPSA) is 24.4 Å². The van der Waals surface area contributed by atoms with Crippen LogP contribution in [0, 0.1) is 0 Å². The molecule has 0 radical (unpaired) electrons. The fourth-order valence-corrected chi connectivity index (χ4v) is 2.58. The fourth-order valence-electron chi connectivity index (χ4n) is 1.84. The molecule has 100 valence electrons. The summed E-state index contributed by atoms with van der Waals surface area (Å²) in [5.74, 6) is 0. The zero-order chi connectivity index (χ0) is 13.9. The van der Waals surface area contributed by atoms with E-state index in [1.54, 1.807) is 11.8 Å². The molecule has 0 aromatic heterocycles. The number of hydrogen-bond acceptors (Lipinski definition) is 3. The predicted molar refractivity (Wildman–Crippen MR) is 86.7 cm³/mol. The maximum absolute atomic E-state index is 6.13. The molecule has 0 fully saturated rings. The van der Waals surface area contributed by atoms with Gasteiger partial charge in [0.15, 0.2) is 5.17 Å². The van der Waals surface area contributed by atoms with Gasteiger partial charge in [0.25, 0.3) is 0 Å². The Hall–Kier alpha value is -1.19. The molecule has 19 heavy (non-hydrogen) atoms. The maximum Gasteiger partial charge on any atom is 0.161 e. The lowest BCUT2D eigenvalue weighted by atomic mass is 10.0. The van der Waals surface area contributed by atoms with Crippen molar-refractivity contribution < 1.29 is 0 Å². The predicted octanol–water partition coefficient (Wildman–Crippen LogP) is 4.34. The van der Waals surface area contributed by atoms with Gasteiger partial charge in [0, 0.05) is 10.7 Å². The van der Waals surface area contributed by atoms with Gasteiger partial charge in [-0.15, -0.1) is 0 Å². The van der Waals surface area contributed by atoms with Crippen LogP contribution in [-0.2, 0) is 0 Å². The summed E-state index contributed by atoms with van der Waals surface area (Å²) in [5.41, 5.74) is 1.88. The van der Waals surface area contributed by atoms with Crippen molar-refractivity contribution in [2.24, 2.45) is 4.99 Å². The van der Waals surface area contributed by atoms with Crippen molar-refractivity contribution in [3.8, 4) is 0 Å². The molecule has 1 aliphatic heterocycles. The monoisotopic (exact) mass is 292 g/mol. The molecular formula is C15H17ClN2S. The van der Waals surface area contributed by atoms with E-state index in [-0.39, 0.29) is 5.54 Å². The SMILES string of the molecule is CSC1=NC(C)(C)C=C(C=Cc2ccccc2Cl)N1. The molecule has 2 nitrogen and oxygen atoms in total. The van der Waals surface area contributed by atoms with Gasteiger partial charge in [-0.2, -0.15) is 0 Å². The Bertz CT molecular complexity index is 559. The number of allylic oxidation sites excluding steroid dienone is 1. The lowest BCUT2D eigenvalue weighted by molar-refractivity contribution is 0.639. The molecule has 1 aliphatic rings. The molecular weight excluding hydrogens is 276 g/mol. The molecule has 0 aliphatic carbocycles. The Kier molecular flexibility index (Phi) is 4.38. The van der Waals surface area contributed by atoms with Crippen molar-refractivity contribution in [3.05, 3.63) is 52.7 Å². The van der Waals surface area contributed by atoms with E-state index in [0.29, 0.717) is 0 Å². The molecule has 1 aromatic carbocycles. The summed E-state index contributed by atoms with van der Waals surface area (Å²) in [4.78, 5) is 4.59. The Morgan fingerprint density at radius 2 is 2.00 bits per heavy atom. The number of aliphatic imine (C=N–C) groups is 1.